The molecule has 2 aliphatic heterocycles. The molecule has 7 nitrogen and oxygen atoms in total. The molecule has 0 bridgehead atoms. The highest BCUT2D eigenvalue weighted by atomic mass is 32.2. The maximum Gasteiger partial charge on any atom is 0.267 e. The van der Waals surface area contributed by atoms with E-state index in [0.717, 1.165) is 25.7 Å². The van der Waals surface area contributed by atoms with Crippen LogP contribution in [-0.2, 0) is 19.4 Å². The third-order valence-electron chi connectivity index (χ3n) is 4.57. The number of hydrazone groups is 1. The van der Waals surface area contributed by atoms with E-state index in [1.807, 2.05) is 0 Å². The largest absolute Gasteiger partial charge is 0.348 e. The molecule has 3 rings (SSSR count). The van der Waals surface area contributed by atoms with Gasteiger partial charge in [-0.3, -0.25) is 9.59 Å². The first-order chi connectivity index (χ1) is 10.4. The van der Waals surface area contributed by atoms with E-state index in [4.69, 9.17) is 0 Å². The molecule has 0 aromatic carbocycles. The van der Waals surface area contributed by atoms with Gasteiger partial charge in [-0.15, -0.1) is 0 Å². The average Bonchev–Trinajstić information content (AvgIpc) is 3.08. The summed E-state index contributed by atoms with van der Waals surface area (Å²) in [5.74, 6) is -0.384. The van der Waals surface area contributed by atoms with Gasteiger partial charge in [0.25, 0.3) is 5.91 Å². The van der Waals surface area contributed by atoms with E-state index in [9.17, 15) is 18.0 Å². The van der Waals surface area contributed by atoms with Gasteiger partial charge in [0.05, 0.1) is 17.5 Å². The van der Waals surface area contributed by atoms with Gasteiger partial charge in [-0.25, -0.2) is 13.4 Å². The summed E-state index contributed by atoms with van der Waals surface area (Å²) in [6.07, 6.45) is 5.17. The number of nitrogens with zero attached hydrogens (tertiary/aromatic N) is 2. The molecular formula is C14H21N3O4S. The van der Waals surface area contributed by atoms with Crippen molar-refractivity contribution in [1.82, 2.24) is 10.3 Å². The smallest absolute Gasteiger partial charge is 0.267 e. The molecular weight excluding hydrogens is 306 g/mol. The van der Waals surface area contributed by atoms with Crippen molar-refractivity contribution in [2.24, 2.45) is 5.10 Å². The second-order valence-corrected chi connectivity index (χ2v) is 8.53. The number of sulfone groups is 1. The number of carbonyl (C=O) groups is 2. The number of amides is 2. The molecule has 1 aliphatic carbocycles. The van der Waals surface area contributed by atoms with Gasteiger partial charge in [0.2, 0.25) is 5.91 Å². The standard InChI is InChI=1S/C14H21N3O4S/c18-13-6-5-12(14(19)15-10-3-1-2-4-10)16-17(13)11-7-8-22(20,21)9-11/h10-11H,1-9H2,(H,15,19)/t11-/m1/s1. The Labute approximate surface area is 130 Å². The highest BCUT2D eigenvalue weighted by molar-refractivity contribution is 7.91. The molecule has 2 heterocycles. The molecule has 0 aromatic rings. The van der Waals surface area contributed by atoms with Gasteiger partial charge in [0.1, 0.15) is 5.71 Å². The van der Waals surface area contributed by atoms with E-state index < -0.39 is 15.9 Å². The maximum absolute atomic E-state index is 12.3. The molecule has 1 atom stereocenters. The number of nitrogens with one attached hydrogen (secondary N) is 1. The van der Waals surface area contributed by atoms with E-state index in [-0.39, 0.29) is 35.8 Å². The lowest BCUT2D eigenvalue weighted by Crippen LogP contribution is -2.45. The van der Waals surface area contributed by atoms with Gasteiger partial charge in [-0.05, 0) is 19.3 Å². The summed E-state index contributed by atoms with van der Waals surface area (Å²) in [7, 11) is -3.09. The number of carbonyl (C=O) groups excluding carboxylic acids is 2. The number of rotatable bonds is 3. The quantitative estimate of drug-likeness (QED) is 0.801. The van der Waals surface area contributed by atoms with Gasteiger partial charge in [-0.1, -0.05) is 12.8 Å². The highest BCUT2D eigenvalue weighted by Crippen LogP contribution is 2.23. The minimum Gasteiger partial charge on any atom is -0.348 e. The van der Waals surface area contributed by atoms with Crippen LogP contribution in [0.2, 0.25) is 0 Å². The molecule has 0 radical (unpaired) electrons. The Balaban J connectivity index is 1.70. The van der Waals surface area contributed by atoms with Crippen LogP contribution in [0.15, 0.2) is 5.10 Å². The minimum atomic E-state index is -3.09. The predicted octanol–water partition coefficient (Wildman–Crippen LogP) is 0.211. The lowest BCUT2D eigenvalue weighted by Gasteiger charge is -2.27. The van der Waals surface area contributed by atoms with Crippen molar-refractivity contribution in [3.05, 3.63) is 0 Å². The van der Waals surface area contributed by atoms with E-state index >= 15 is 0 Å². The summed E-state index contributed by atoms with van der Waals surface area (Å²) in [4.78, 5) is 24.2. The summed E-state index contributed by atoms with van der Waals surface area (Å²) in [5.41, 5.74) is 0.343. The number of hydrogen-bond acceptors (Lipinski definition) is 5. The summed E-state index contributed by atoms with van der Waals surface area (Å²) in [5, 5.41) is 8.37. The Morgan fingerprint density at radius 1 is 1.18 bits per heavy atom. The van der Waals surface area contributed by atoms with E-state index in [2.05, 4.69) is 10.4 Å². The normalized spacial score (nSPS) is 28.7. The van der Waals surface area contributed by atoms with Crippen molar-refractivity contribution < 1.29 is 18.0 Å². The summed E-state index contributed by atoms with van der Waals surface area (Å²) < 4.78 is 23.1. The number of hydrogen-bond donors (Lipinski definition) is 1. The van der Waals surface area contributed by atoms with Crippen LogP contribution >= 0.6 is 0 Å². The van der Waals surface area contributed by atoms with Crippen LogP contribution < -0.4 is 5.32 Å². The van der Waals surface area contributed by atoms with Gasteiger partial charge in [-0.2, -0.15) is 5.10 Å². The zero-order chi connectivity index (χ0) is 15.7. The third-order valence-corrected chi connectivity index (χ3v) is 6.32. The van der Waals surface area contributed by atoms with E-state index in [1.54, 1.807) is 0 Å². The van der Waals surface area contributed by atoms with Gasteiger partial charge in [0.15, 0.2) is 9.84 Å². The first-order valence-electron chi connectivity index (χ1n) is 7.85. The Bertz CT molecular complexity index is 608. The fraction of sp³-hybridized carbons (Fsp3) is 0.786. The lowest BCUT2D eigenvalue weighted by atomic mass is 10.1. The molecule has 122 valence electrons. The van der Waals surface area contributed by atoms with Crippen molar-refractivity contribution in [2.75, 3.05) is 11.5 Å². The zero-order valence-corrected chi connectivity index (χ0v) is 13.3. The molecule has 0 aromatic heterocycles. The molecule has 1 saturated carbocycles. The van der Waals surface area contributed by atoms with Crippen molar-refractivity contribution >= 4 is 27.4 Å². The van der Waals surface area contributed by atoms with Crippen LogP contribution in [0, 0.1) is 0 Å². The van der Waals surface area contributed by atoms with Crippen LogP contribution in [0.1, 0.15) is 44.9 Å². The van der Waals surface area contributed by atoms with Crippen molar-refractivity contribution in [3.8, 4) is 0 Å². The van der Waals surface area contributed by atoms with E-state index in [0.29, 0.717) is 18.6 Å². The molecule has 2 amide bonds. The van der Waals surface area contributed by atoms with Crippen molar-refractivity contribution in [1.29, 1.82) is 0 Å². The molecule has 3 aliphatic rings. The second-order valence-electron chi connectivity index (χ2n) is 6.30. The third kappa shape index (κ3) is 3.31. The molecule has 22 heavy (non-hydrogen) atoms. The first kappa shape index (κ1) is 15.5. The lowest BCUT2D eigenvalue weighted by molar-refractivity contribution is -0.133. The SMILES string of the molecule is O=C(NC1CCCC1)C1=NN([C@@H]2CCS(=O)(=O)C2)C(=O)CC1. The van der Waals surface area contributed by atoms with Crippen LogP contribution in [0.25, 0.3) is 0 Å². The Morgan fingerprint density at radius 3 is 2.55 bits per heavy atom. The molecule has 2 fully saturated rings. The van der Waals surface area contributed by atoms with Gasteiger partial charge >= 0.3 is 0 Å². The van der Waals surface area contributed by atoms with E-state index in [1.165, 1.54) is 5.01 Å². The van der Waals surface area contributed by atoms with Gasteiger partial charge in [0, 0.05) is 18.9 Å². The maximum atomic E-state index is 12.3. The monoisotopic (exact) mass is 327 g/mol. The molecule has 0 spiro atoms. The summed E-state index contributed by atoms with van der Waals surface area (Å²) in [6, 6.07) is -0.222. The molecule has 1 saturated heterocycles. The Kier molecular flexibility index (Phi) is 4.20. The van der Waals surface area contributed by atoms with Crippen LogP contribution in [0.5, 0.6) is 0 Å². The minimum absolute atomic E-state index is 0.0558. The van der Waals surface area contributed by atoms with Crippen molar-refractivity contribution in [3.63, 3.8) is 0 Å². The molecule has 0 unspecified atom stereocenters. The summed E-state index contributed by atoms with van der Waals surface area (Å²) >= 11 is 0. The zero-order valence-electron chi connectivity index (χ0n) is 12.5. The van der Waals surface area contributed by atoms with Gasteiger partial charge < -0.3 is 5.32 Å². The van der Waals surface area contributed by atoms with Crippen molar-refractivity contribution in [2.45, 2.75) is 57.0 Å². The van der Waals surface area contributed by atoms with Crippen LogP contribution in [-0.4, -0.2) is 54.5 Å². The molecule has 1 N–H and O–H groups in total. The molecule has 8 heteroatoms. The predicted molar refractivity (Wildman–Crippen MR) is 81.0 cm³/mol. The highest BCUT2D eigenvalue weighted by Gasteiger charge is 2.37. The second kappa shape index (κ2) is 5.98. The van der Waals surface area contributed by atoms with Crippen LogP contribution in [0.4, 0.5) is 0 Å². The fourth-order valence-corrected chi connectivity index (χ4v) is 5.02. The first-order valence-corrected chi connectivity index (χ1v) is 9.67. The topological polar surface area (TPSA) is 95.9 Å². The summed E-state index contributed by atoms with van der Waals surface area (Å²) in [6.45, 7) is 0. The van der Waals surface area contributed by atoms with Crippen LogP contribution in [0.3, 0.4) is 0 Å². The fourth-order valence-electron chi connectivity index (χ4n) is 3.33. The average molecular weight is 327 g/mol. The Morgan fingerprint density at radius 2 is 1.91 bits per heavy atom. The Hall–Kier alpha value is -1.44.